The number of carbonyl (C=O) groups excluding carboxylic acids is 1. The zero-order chi connectivity index (χ0) is 15.1. The number of hydrogen-bond acceptors (Lipinski definition) is 4. The van der Waals surface area contributed by atoms with E-state index in [2.05, 4.69) is 24.1 Å². The van der Waals surface area contributed by atoms with E-state index in [4.69, 9.17) is 10.5 Å². The Labute approximate surface area is 121 Å². The molecule has 0 spiro atoms. The number of rotatable bonds is 7. The molecule has 0 saturated heterocycles. The SMILES string of the molecule is COc1cc(N)ccc1NC(=O)CCN(C)CC(C)C. The van der Waals surface area contributed by atoms with Crippen LogP contribution in [0.5, 0.6) is 5.75 Å². The Bertz CT molecular complexity index is 447. The molecule has 0 fully saturated rings. The normalized spacial score (nSPS) is 10.9. The Kier molecular flexibility index (Phi) is 6.31. The monoisotopic (exact) mass is 279 g/mol. The lowest BCUT2D eigenvalue weighted by molar-refractivity contribution is -0.116. The third kappa shape index (κ3) is 5.48. The first-order valence-corrected chi connectivity index (χ1v) is 6.84. The second kappa shape index (κ2) is 7.75. The van der Waals surface area contributed by atoms with Crippen LogP contribution < -0.4 is 15.8 Å². The van der Waals surface area contributed by atoms with E-state index in [1.54, 1.807) is 25.3 Å². The van der Waals surface area contributed by atoms with Crippen molar-refractivity contribution in [3.8, 4) is 5.75 Å². The summed E-state index contributed by atoms with van der Waals surface area (Å²) < 4.78 is 5.20. The lowest BCUT2D eigenvalue weighted by Crippen LogP contribution is -2.27. The van der Waals surface area contributed by atoms with Crippen molar-refractivity contribution in [2.75, 3.05) is 38.3 Å². The minimum Gasteiger partial charge on any atom is -0.494 e. The van der Waals surface area contributed by atoms with E-state index in [0.29, 0.717) is 29.5 Å². The number of benzene rings is 1. The number of nitrogen functional groups attached to an aromatic ring is 1. The topological polar surface area (TPSA) is 67.6 Å². The zero-order valence-electron chi connectivity index (χ0n) is 12.8. The maximum atomic E-state index is 11.9. The van der Waals surface area contributed by atoms with Gasteiger partial charge in [0.2, 0.25) is 5.91 Å². The first kappa shape index (κ1) is 16.3. The summed E-state index contributed by atoms with van der Waals surface area (Å²) in [5, 5.41) is 2.85. The highest BCUT2D eigenvalue weighted by Gasteiger charge is 2.09. The molecule has 5 nitrogen and oxygen atoms in total. The fourth-order valence-corrected chi connectivity index (χ4v) is 2.03. The van der Waals surface area contributed by atoms with Crippen molar-refractivity contribution in [1.82, 2.24) is 4.90 Å². The average Bonchev–Trinajstić information content (AvgIpc) is 2.37. The molecule has 5 heteroatoms. The summed E-state index contributed by atoms with van der Waals surface area (Å²) in [6, 6.07) is 5.19. The van der Waals surface area contributed by atoms with Gasteiger partial charge < -0.3 is 20.7 Å². The molecular weight excluding hydrogens is 254 g/mol. The summed E-state index contributed by atoms with van der Waals surface area (Å²) in [7, 11) is 3.58. The third-order valence-electron chi connectivity index (χ3n) is 2.90. The number of anilines is 2. The van der Waals surface area contributed by atoms with E-state index in [1.165, 1.54) is 0 Å². The van der Waals surface area contributed by atoms with E-state index < -0.39 is 0 Å². The minimum atomic E-state index is -0.0244. The Balaban J connectivity index is 2.50. The van der Waals surface area contributed by atoms with Gasteiger partial charge in [0.25, 0.3) is 0 Å². The van der Waals surface area contributed by atoms with Crippen molar-refractivity contribution in [3.05, 3.63) is 18.2 Å². The van der Waals surface area contributed by atoms with Crippen molar-refractivity contribution in [2.45, 2.75) is 20.3 Å². The molecule has 3 N–H and O–H groups in total. The van der Waals surface area contributed by atoms with Gasteiger partial charge in [-0.15, -0.1) is 0 Å². The summed E-state index contributed by atoms with van der Waals surface area (Å²) in [4.78, 5) is 14.1. The largest absolute Gasteiger partial charge is 0.494 e. The maximum absolute atomic E-state index is 11.9. The van der Waals surface area contributed by atoms with Crippen molar-refractivity contribution in [3.63, 3.8) is 0 Å². The van der Waals surface area contributed by atoms with E-state index in [9.17, 15) is 4.79 Å². The van der Waals surface area contributed by atoms with Crippen LogP contribution in [0.25, 0.3) is 0 Å². The van der Waals surface area contributed by atoms with Gasteiger partial charge in [0.1, 0.15) is 5.75 Å². The van der Waals surface area contributed by atoms with Gasteiger partial charge in [-0.25, -0.2) is 0 Å². The van der Waals surface area contributed by atoms with Gasteiger partial charge in [0.15, 0.2) is 0 Å². The molecule has 0 heterocycles. The molecule has 1 aromatic carbocycles. The smallest absolute Gasteiger partial charge is 0.225 e. The van der Waals surface area contributed by atoms with Crippen LogP contribution in [0.4, 0.5) is 11.4 Å². The first-order valence-electron chi connectivity index (χ1n) is 6.84. The number of methoxy groups -OCH3 is 1. The predicted octanol–water partition coefficient (Wildman–Crippen LogP) is 2.19. The maximum Gasteiger partial charge on any atom is 0.225 e. The fourth-order valence-electron chi connectivity index (χ4n) is 2.03. The summed E-state index contributed by atoms with van der Waals surface area (Å²) in [5.41, 5.74) is 6.94. The quantitative estimate of drug-likeness (QED) is 0.751. The van der Waals surface area contributed by atoms with Crippen molar-refractivity contribution in [1.29, 1.82) is 0 Å². The second-order valence-corrected chi connectivity index (χ2v) is 5.41. The second-order valence-electron chi connectivity index (χ2n) is 5.41. The van der Waals surface area contributed by atoms with Crippen molar-refractivity contribution < 1.29 is 9.53 Å². The van der Waals surface area contributed by atoms with Gasteiger partial charge in [-0.3, -0.25) is 4.79 Å². The van der Waals surface area contributed by atoms with Crippen LogP contribution in [-0.4, -0.2) is 38.1 Å². The summed E-state index contributed by atoms with van der Waals surface area (Å²) in [5.74, 6) is 1.15. The summed E-state index contributed by atoms with van der Waals surface area (Å²) in [6.07, 6.45) is 0.455. The third-order valence-corrected chi connectivity index (χ3v) is 2.90. The number of carbonyl (C=O) groups is 1. The molecule has 0 aliphatic rings. The lowest BCUT2D eigenvalue weighted by Gasteiger charge is -2.18. The van der Waals surface area contributed by atoms with Gasteiger partial charge >= 0.3 is 0 Å². The van der Waals surface area contributed by atoms with E-state index in [-0.39, 0.29) is 5.91 Å². The standard InChI is InChI=1S/C15H25N3O2/c1-11(2)10-18(3)8-7-15(19)17-13-6-5-12(16)9-14(13)20-4/h5-6,9,11H,7-8,10,16H2,1-4H3,(H,17,19). The molecule has 0 saturated carbocycles. The minimum absolute atomic E-state index is 0.0244. The molecule has 0 unspecified atom stereocenters. The molecule has 20 heavy (non-hydrogen) atoms. The number of nitrogens with two attached hydrogens (primary N) is 1. The molecule has 112 valence electrons. The van der Waals surface area contributed by atoms with Crippen molar-refractivity contribution in [2.24, 2.45) is 5.92 Å². The number of nitrogens with one attached hydrogen (secondary N) is 1. The molecule has 0 radical (unpaired) electrons. The van der Waals surface area contributed by atoms with Gasteiger partial charge in [-0.2, -0.15) is 0 Å². The van der Waals surface area contributed by atoms with Crippen LogP contribution in [-0.2, 0) is 4.79 Å². The number of ether oxygens (including phenoxy) is 1. The Morgan fingerprint density at radius 1 is 1.45 bits per heavy atom. The number of amides is 1. The van der Waals surface area contributed by atoms with Gasteiger partial charge in [-0.05, 0) is 25.1 Å². The van der Waals surface area contributed by atoms with Crippen LogP contribution in [0.15, 0.2) is 18.2 Å². The summed E-state index contributed by atoms with van der Waals surface area (Å²) in [6.45, 7) is 6.05. The Morgan fingerprint density at radius 2 is 2.15 bits per heavy atom. The average molecular weight is 279 g/mol. The fraction of sp³-hybridized carbons (Fsp3) is 0.533. The highest BCUT2D eigenvalue weighted by molar-refractivity contribution is 5.92. The van der Waals surface area contributed by atoms with E-state index in [1.807, 2.05) is 7.05 Å². The Morgan fingerprint density at radius 3 is 2.75 bits per heavy atom. The predicted molar refractivity (Wildman–Crippen MR) is 83.0 cm³/mol. The van der Waals surface area contributed by atoms with E-state index in [0.717, 1.165) is 13.1 Å². The van der Waals surface area contributed by atoms with Gasteiger partial charge in [-0.1, -0.05) is 13.8 Å². The van der Waals surface area contributed by atoms with Crippen LogP contribution in [0, 0.1) is 5.92 Å². The van der Waals surface area contributed by atoms with Crippen LogP contribution >= 0.6 is 0 Å². The molecule has 1 rings (SSSR count). The molecule has 1 amide bonds. The molecule has 0 bridgehead atoms. The highest BCUT2D eigenvalue weighted by Crippen LogP contribution is 2.26. The zero-order valence-corrected chi connectivity index (χ0v) is 12.8. The van der Waals surface area contributed by atoms with Crippen molar-refractivity contribution >= 4 is 17.3 Å². The molecule has 0 aliphatic heterocycles. The van der Waals surface area contributed by atoms with Gasteiger partial charge in [0.05, 0.1) is 12.8 Å². The van der Waals surface area contributed by atoms with Gasteiger partial charge in [0, 0.05) is 31.3 Å². The molecule has 1 aromatic rings. The lowest BCUT2D eigenvalue weighted by atomic mass is 10.2. The molecule has 0 aliphatic carbocycles. The van der Waals surface area contributed by atoms with Crippen LogP contribution in [0.3, 0.4) is 0 Å². The van der Waals surface area contributed by atoms with Crippen LogP contribution in [0.2, 0.25) is 0 Å². The highest BCUT2D eigenvalue weighted by atomic mass is 16.5. The number of hydrogen-bond donors (Lipinski definition) is 2. The molecular formula is C15H25N3O2. The van der Waals surface area contributed by atoms with E-state index >= 15 is 0 Å². The van der Waals surface area contributed by atoms with Crippen LogP contribution in [0.1, 0.15) is 20.3 Å². The molecule has 0 atom stereocenters. The Hall–Kier alpha value is -1.75. The first-order chi connectivity index (χ1) is 9.42. The number of nitrogens with zero attached hydrogens (tertiary/aromatic N) is 1. The molecule has 0 aromatic heterocycles. The summed E-state index contributed by atoms with van der Waals surface area (Å²) >= 11 is 0.